The van der Waals surface area contributed by atoms with Crippen LogP contribution in [-0.4, -0.2) is 22.7 Å². The van der Waals surface area contributed by atoms with Crippen LogP contribution in [0.1, 0.15) is 64.1 Å². The molecule has 0 spiro atoms. The van der Waals surface area contributed by atoms with Crippen LogP contribution in [0.25, 0.3) is 0 Å². The average molecular weight is 265 g/mol. The monoisotopic (exact) mass is 265 g/mol. The number of aryl methyl sites for hydroxylation is 1. The van der Waals surface area contributed by atoms with Gasteiger partial charge in [0.05, 0.1) is 0 Å². The molecule has 1 aliphatic rings. The number of rotatable bonds is 8. The van der Waals surface area contributed by atoms with Gasteiger partial charge in [0.15, 0.2) is 5.82 Å². The van der Waals surface area contributed by atoms with Crippen molar-refractivity contribution in [2.24, 2.45) is 5.92 Å². The van der Waals surface area contributed by atoms with E-state index in [4.69, 9.17) is 4.52 Å². The van der Waals surface area contributed by atoms with Crippen molar-refractivity contribution >= 4 is 0 Å². The van der Waals surface area contributed by atoms with Gasteiger partial charge in [-0.2, -0.15) is 4.98 Å². The molecule has 0 radical (unpaired) electrons. The minimum Gasteiger partial charge on any atom is -0.339 e. The second-order valence-corrected chi connectivity index (χ2v) is 5.66. The Morgan fingerprint density at radius 2 is 2.05 bits per heavy atom. The highest BCUT2D eigenvalue weighted by Crippen LogP contribution is 2.29. The van der Waals surface area contributed by atoms with Crippen molar-refractivity contribution in [3.8, 4) is 0 Å². The van der Waals surface area contributed by atoms with Crippen LogP contribution in [0, 0.1) is 5.92 Å². The van der Waals surface area contributed by atoms with Crippen molar-refractivity contribution in [3.05, 3.63) is 11.7 Å². The third-order valence-corrected chi connectivity index (χ3v) is 4.00. The van der Waals surface area contributed by atoms with Gasteiger partial charge in [-0.3, -0.25) is 0 Å². The molecule has 0 aliphatic heterocycles. The molecular formula is C15H27N3O. The van der Waals surface area contributed by atoms with Crippen LogP contribution in [0.5, 0.6) is 0 Å². The maximum Gasteiger partial charge on any atom is 0.228 e. The lowest BCUT2D eigenvalue weighted by Crippen LogP contribution is -2.37. The number of aromatic nitrogens is 2. The van der Waals surface area contributed by atoms with Crippen LogP contribution in [-0.2, 0) is 12.8 Å². The Hall–Kier alpha value is -0.900. The van der Waals surface area contributed by atoms with Gasteiger partial charge in [-0.15, -0.1) is 0 Å². The summed E-state index contributed by atoms with van der Waals surface area (Å²) in [5.41, 5.74) is 0. The largest absolute Gasteiger partial charge is 0.339 e. The molecule has 0 saturated heterocycles. The van der Waals surface area contributed by atoms with Gasteiger partial charge in [-0.05, 0) is 38.1 Å². The Morgan fingerprint density at radius 3 is 2.74 bits per heavy atom. The third-order valence-electron chi connectivity index (χ3n) is 4.00. The number of nitrogens with one attached hydrogen (secondary N) is 1. The van der Waals surface area contributed by atoms with E-state index in [1.54, 1.807) is 0 Å². The molecule has 2 rings (SSSR count). The maximum absolute atomic E-state index is 5.39. The van der Waals surface area contributed by atoms with Crippen molar-refractivity contribution in [3.63, 3.8) is 0 Å². The molecule has 4 heteroatoms. The van der Waals surface area contributed by atoms with E-state index in [0.29, 0.717) is 6.04 Å². The van der Waals surface area contributed by atoms with Crippen LogP contribution in [0.4, 0.5) is 0 Å². The van der Waals surface area contributed by atoms with Gasteiger partial charge in [-0.1, -0.05) is 31.8 Å². The SMILES string of the molecule is CCCNC(Cc1nc(CCC)no1)C1CCCC1. The van der Waals surface area contributed by atoms with Crippen LogP contribution in [0.3, 0.4) is 0 Å². The molecule has 108 valence electrons. The molecule has 0 aromatic carbocycles. The molecule has 1 aliphatic carbocycles. The van der Waals surface area contributed by atoms with E-state index in [1.807, 2.05) is 0 Å². The molecule has 1 atom stereocenters. The van der Waals surface area contributed by atoms with Crippen LogP contribution >= 0.6 is 0 Å². The molecule has 1 heterocycles. The molecule has 1 fully saturated rings. The minimum atomic E-state index is 0.511. The first-order chi connectivity index (χ1) is 9.33. The van der Waals surface area contributed by atoms with Crippen molar-refractivity contribution in [2.75, 3.05) is 6.54 Å². The predicted molar refractivity (Wildman–Crippen MR) is 76.0 cm³/mol. The molecule has 1 N–H and O–H groups in total. The third kappa shape index (κ3) is 4.30. The van der Waals surface area contributed by atoms with Crippen molar-refractivity contribution < 1.29 is 4.52 Å². The standard InChI is InChI=1S/C15H27N3O/c1-3-7-14-17-15(19-18-14)11-13(16-10-4-2)12-8-5-6-9-12/h12-13,16H,3-11H2,1-2H3. The summed E-state index contributed by atoms with van der Waals surface area (Å²) in [6.07, 6.45) is 9.49. The molecule has 1 aromatic heterocycles. The number of nitrogens with zero attached hydrogens (tertiary/aromatic N) is 2. The molecule has 19 heavy (non-hydrogen) atoms. The minimum absolute atomic E-state index is 0.511. The van der Waals surface area contributed by atoms with Crippen molar-refractivity contribution in [1.82, 2.24) is 15.5 Å². The first kappa shape index (κ1) is 14.5. The van der Waals surface area contributed by atoms with Gasteiger partial charge in [-0.25, -0.2) is 0 Å². The van der Waals surface area contributed by atoms with Crippen molar-refractivity contribution in [1.29, 1.82) is 0 Å². The van der Waals surface area contributed by atoms with E-state index < -0.39 is 0 Å². The lowest BCUT2D eigenvalue weighted by Gasteiger charge is -2.23. The summed E-state index contributed by atoms with van der Waals surface area (Å²) in [4.78, 5) is 4.50. The lowest BCUT2D eigenvalue weighted by atomic mass is 9.95. The smallest absolute Gasteiger partial charge is 0.228 e. The van der Waals surface area contributed by atoms with E-state index in [2.05, 4.69) is 29.3 Å². The molecule has 4 nitrogen and oxygen atoms in total. The van der Waals surface area contributed by atoms with Crippen LogP contribution in [0.2, 0.25) is 0 Å². The highest BCUT2D eigenvalue weighted by molar-refractivity contribution is 4.92. The fraction of sp³-hybridized carbons (Fsp3) is 0.867. The highest BCUT2D eigenvalue weighted by Gasteiger charge is 2.26. The summed E-state index contributed by atoms with van der Waals surface area (Å²) in [6.45, 7) is 5.43. The molecule has 0 amide bonds. The van der Waals surface area contributed by atoms with E-state index >= 15 is 0 Å². The first-order valence-corrected chi connectivity index (χ1v) is 7.88. The highest BCUT2D eigenvalue weighted by atomic mass is 16.5. The van der Waals surface area contributed by atoms with E-state index in [0.717, 1.165) is 43.4 Å². The summed E-state index contributed by atoms with van der Waals surface area (Å²) in [7, 11) is 0. The van der Waals surface area contributed by atoms with Gasteiger partial charge < -0.3 is 9.84 Å². The Morgan fingerprint density at radius 1 is 1.26 bits per heavy atom. The second-order valence-electron chi connectivity index (χ2n) is 5.66. The van der Waals surface area contributed by atoms with Gasteiger partial charge >= 0.3 is 0 Å². The maximum atomic E-state index is 5.39. The quantitative estimate of drug-likeness (QED) is 0.784. The zero-order valence-electron chi connectivity index (χ0n) is 12.3. The molecular weight excluding hydrogens is 238 g/mol. The predicted octanol–water partition coefficient (Wildman–Crippen LogP) is 3.12. The summed E-state index contributed by atoms with van der Waals surface area (Å²) in [5, 5.41) is 7.73. The zero-order chi connectivity index (χ0) is 13.5. The van der Waals surface area contributed by atoms with Gasteiger partial charge in [0.2, 0.25) is 5.89 Å². The van der Waals surface area contributed by atoms with Crippen molar-refractivity contribution in [2.45, 2.75) is 71.3 Å². The normalized spacial score (nSPS) is 18.0. The number of hydrogen-bond acceptors (Lipinski definition) is 4. The molecule has 1 aromatic rings. The van der Waals surface area contributed by atoms with Gasteiger partial charge in [0.25, 0.3) is 0 Å². The van der Waals surface area contributed by atoms with E-state index in [-0.39, 0.29) is 0 Å². The summed E-state index contributed by atoms with van der Waals surface area (Å²) >= 11 is 0. The van der Waals surface area contributed by atoms with Crippen LogP contribution < -0.4 is 5.32 Å². The fourth-order valence-electron chi connectivity index (χ4n) is 2.98. The molecule has 1 unspecified atom stereocenters. The summed E-state index contributed by atoms with van der Waals surface area (Å²) < 4.78 is 5.39. The molecule has 1 saturated carbocycles. The summed E-state index contributed by atoms with van der Waals surface area (Å²) in [6, 6.07) is 0.511. The Bertz CT molecular complexity index is 358. The molecule has 0 bridgehead atoms. The van der Waals surface area contributed by atoms with E-state index in [9.17, 15) is 0 Å². The number of hydrogen-bond donors (Lipinski definition) is 1. The van der Waals surface area contributed by atoms with Gasteiger partial charge in [0, 0.05) is 18.9 Å². The Labute approximate surface area is 116 Å². The van der Waals surface area contributed by atoms with Gasteiger partial charge in [0.1, 0.15) is 0 Å². The fourth-order valence-corrected chi connectivity index (χ4v) is 2.98. The lowest BCUT2D eigenvalue weighted by molar-refractivity contribution is 0.307. The Kier molecular flexibility index (Phi) is 5.83. The Balaban J connectivity index is 1.93. The first-order valence-electron chi connectivity index (χ1n) is 7.88. The summed E-state index contributed by atoms with van der Waals surface area (Å²) in [5.74, 6) is 2.45. The average Bonchev–Trinajstić information content (AvgIpc) is 3.06. The second kappa shape index (κ2) is 7.63. The van der Waals surface area contributed by atoms with Crippen LogP contribution in [0.15, 0.2) is 4.52 Å². The van der Waals surface area contributed by atoms with E-state index in [1.165, 1.54) is 32.1 Å². The topological polar surface area (TPSA) is 51.0 Å². The zero-order valence-corrected chi connectivity index (χ0v) is 12.3.